The first-order valence-electron chi connectivity index (χ1n) is 7.15. The van der Waals surface area contributed by atoms with Gasteiger partial charge in [0.1, 0.15) is 0 Å². The molecule has 5 nitrogen and oxygen atoms in total. The minimum atomic E-state index is -0.293. The Morgan fingerprint density at radius 2 is 2.13 bits per heavy atom. The number of thiazole rings is 1. The number of anilines is 1. The SMILES string of the molecule is C=CC(=O)Nc1ccccc1CC(=O)N(C)Cc1scnc1C. The van der Waals surface area contributed by atoms with E-state index >= 15 is 0 Å². The Bertz CT molecular complexity index is 724. The number of nitrogens with zero attached hydrogens (tertiary/aromatic N) is 2. The van der Waals surface area contributed by atoms with E-state index in [2.05, 4.69) is 16.9 Å². The molecular weight excluding hydrogens is 310 g/mol. The predicted molar refractivity (Wildman–Crippen MR) is 92.3 cm³/mol. The Balaban J connectivity index is 2.06. The maximum atomic E-state index is 12.4. The highest BCUT2D eigenvalue weighted by Gasteiger charge is 2.15. The summed E-state index contributed by atoms with van der Waals surface area (Å²) in [5.41, 5.74) is 4.14. The van der Waals surface area contributed by atoms with Crippen LogP contribution >= 0.6 is 11.3 Å². The molecular formula is C17H19N3O2S. The molecule has 0 spiro atoms. The van der Waals surface area contributed by atoms with Crippen molar-refractivity contribution in [2.24, 2.45) is 0 Å². The fourth-order valence-electron chi connectivity index (χ4n) is 2.06. The number of amides is 2. The maximum Gasteiger partial charge on any atom is 0.247 e. The van der Waals surface area contributed by atoms with Crippen molar-refractivity contribution in [3.8, 4) is 0 Å². The van der Waals surface area contributed by atoms with Crippen molar-refractivity contribution in [1.82, 2.24) is 9.88 Å². The Hall–Kier alpha value is -2.47. The molecule has 1 aromatic carbocycles. The molecule has 23 heavy (non-hydrogen) atoms. The average molecular weight is 329 g/mol. The van der Waals surface area contributed by atoms with Gasteiger partial charge in [-0.25, -0.2) is 4.98 Å². The second-order valence-corrected chi connectivity index (χ2v) is 6.08. The van der Waals surface area contributed by atoms with Gasteiger partial charge in [-0.05, 0) is 24.6 Å². The number of likely N-dealkylation sites (N-methyl/N-ethyl adjacent to an activating group) is 1. The van der Waals surface area contributed by atoms with Gasteiger partial charge in [0.05, 0.1) is 24.2 Å². The molecule has 2 aromatic rings. The van der Waals surface area contributed by atoms with E-state index < -0.39 is 0 Å². The molecule has 1 aromatic heterocycles. The van der Waals surface area contributed by atoms with Gasteiger partial charge < -0.3 is 10.2 Å². The first-order chi connectivity index (χ1) is 11.0. The third kappa shape index (κ3) is 4.50. The molecule has 0 fully saturated rings. The summed E-state index contributed by atoms with van der Waals surface area (Å²) in [6.45, 7) is 5.91. The number of hydrogen-bond donors (Lipinski definition) is 1. The fraction of sp³-hybridized carbons (Fsp3) is 0.235. The second-order valence-electron chi connectivity index (χ2n) is 5.14. The van der Waals surface area contributed by atoms with Crippen LogP contribution in [0, 0.1) is 6.92 Å². The number of hydrogen-bond acceptors (Lipinski definition) is 4. The molecule has 0 radical (unpaired) electrons. The minimum Gasteiger partial charge on any atom is -0.340 e. The molecule has 1 heterocycles. The van der Waals surface area contributed by atoms with E-state index in [-0.39, 0.29) is 18.2 Å². The summed E-state index contributed by atoms with van der Waals surface area (Å²) in [6, 6.07) is 7.27. The van der Waals surface area contributed by atoms with E-state index in [0.717, 1.165) is 16.1 Å². The zero-order valence-corrected chi connectivity index (χ0v) is 14.0. The quantitative estimate of drug-likeness (QED) is 0.829. The lowest BCUT2D eigenvalue weighted by Crippen LogP contribution is -2.28. The Labute approximate surface area is 139 Å². The van der Waals surface area contributed by atoms with Crippen LogP contribution in [0.4, 0.5) is 5.69 Å². The van der Waals surface area contributed by atoms with Crippen LogP contribution in [0.25, 0.3) is 0 Å². The first kappa shape index (κ1) is 16.9. The summed E-state index contributed by atoms with van der Waals surface area (Å²) in [6.07, 6.45) is 1.43. The molecule has 0 aliphatic rings. The van der Waals surface area contributed by atoms with Gasteiger partial charge in [0, 0.05) is 17.6 Å². The smallest absolute Gasteiger partial charge is 0.247 e. The highest BCUT2D eigenvalue weighted by atomic mass is 32.1. The van der Waals surface area contributed by atoms with Gasteiger partial charge >= 0.3 is 0 Å². The number of benzene rings is 1. The summed E-state index contributed by atoms with van der Waals surface area (Å²) in [4.78, 5) is 30.9. The van der Waals surface area contributed by atoms with Crippen LogP contribution in [0.5, 0.6) is 0 Å². The molecule has 0 bridgehead atoms. The van der Waals surface area contributed by atoms with Crippen LogP contribution in [-0.2, 0) is 22.6 Å². The third-order valence-corrected chi connectivity index (χ3v) is 4.37. The highest BCUT2D eigenvalue weighted by molar-refractivity contribution is 7.09. The van der Waals surface area contributed by atoms with Crippen LogP contribution in [0.3, 0.4) is 0 Å². The molecule has 2 rings (SSSR count). The standard InChI is InChI=1S/C17H19N3O2S/c1-4-16(21)19-14-8-6-5-7-13(14)9-17(22)20(3)10-15-12(2)18-11-23-15/h4-8,11H,1,9-10H2,2-3H3,(H,19,21). The lowest BCUT2D eigenvalue weighted by molar-refractivity contribution is -0.129. The van der Waals surface area contributed by atoms with Gasteiger partial charge in [-0.15, -0.1) is 11.3 Å². The molecule has 0 atom stereocenters. The van der Waals surface area contributed by atoms with Crippen LogP contribution in [-0.4, -0.2) is 28.7 Å². The van der Waals surface area contributed by atoms with E-state index in [0.29, 0.717) is 12.2 Å². The van der Waals surface area contributed by atoms with Crippen molar-refractivity contribution in [3.63, 3.8) is 0 Å². The second kappa shape index (κ2) is 7.69. The Morgan fingerprint density at radius 1 is 1.39 bits per heavy atom. The van der Waals surface area contributed by atoms with E-state index in [4.69, 9.17) is 0 Å². The number of carbonyl (C=O) groups is 2. The lowest BCUT2D eigenvalue weighted by atomic mass is 10.1. The molecule has 1 N–H and O–H groups in total. The van der Waals surface area contributed by atoms with Crippen molar-refractivity contribution < 1.29 is 9.59 Å². The fourth-order valence-corrected chi connectivity index (χ4v) is 2.89. The minimum absolute atomic E-state index is 0.0156. The van der Waals surface area contributed by atoms with Crippen LogP contribution in [0.15, 0.2) is 42.4 Å². The summed E-state index contributed by atoms with van der Waals surface area (Å²) >= 11 is 1.54. The summed E-state index contributed by atoms with van der Waals surface area (Å²) in [5.74, 6) is -0.309. The molecule has 120 valence electrons. The number of nitrogens with one attached hydrogen (secondary N) is 1. The van der Waals surface area contributed by atoms with Crippen LogP contribution in [0.1, 0.15) is 16.1 Å². The number of aryl methyl sites for hydroxylation is 1. The molecule has 6 heteroatoms. The van der Waals surface area contributed by atoms with Gasteiger partial charge in [-0.2, -0.15) is 0 Å². The maximum absolute atomic E-state index is 12.4. The highest BCUT2D eigenvalue weighted by Crippen LogP contribution is 2.18. The molecule has 0 aliphatic heterocycles. The first-order valence-corrected chi connectivity index (χ1v) is 8.03. The van der Waals surface area contributed by atoms with Crippen molar-refractivity contribution in [3.05, 3.63) is 58.6 Å². The normalized spacial score (nSPS) is 10.2. The van der Waals surface area contributed by atoms with Gasteiger partial charge in [0.2, 0.25) is 11.8 Å². The van der Waals surface area contributed by atoms with Gasteiger partial charge in [-0.1, -0.05) is 24.8 Å². The van der Waals surface area contributed by atoms with Crippen molar-refractivity contribution in [1.29, 1.82) is 0 Å². The monoisotopic (exact) mass is 329 g/mol. The van der Waals surface area contributed by atoms with E-state index in [1.807, 2.05) is 25.1 Å². The van der Waals surface area contributed by atoms with Crippen LogP contribution in [0.2, 0.25) is 0 Å². The Kier molecular flexibility index (Phi) is 5.65. The summed E-state index contributed by atoms with van der Waals surface area (Å²) in [7, 11) is 1.77. The van der Waals surface area contributed by atoms with Crippen LogP contribution < -0.4 is 5.32 Å². The number of para-hydroxylation sites is 1. The average Bonchev–Trinajstić information content (AvgIpc) is 2.94. The third-order valence-electron chi connectivity index (χ3n) is 3.45. The Morgan fingerprint density at radius 3 is 2.78 bits per heavy atom. The summed E-state index contributed by atoms with van der Waals surface area (Å²) < 4.78 is 0. The number of rotatable bonds is 6. The summed E-state index contributed by atoms with van der Waals surface area (Å²) in [5, 5.41) is 2.72. The number of aromatic nitrogens is 1. The van der Waals surface area contributed by atoms with E-state index in [1.54, 1.807) is 34.9 Å². The zero-order chi connectivity index (χ0) is 16.8. The molecule has 2 amide bonds. The van der Waals surface area contributed by atoms with E-state index in [1.165, 1.54) is 6.08 Å². The largest absolute Gasteiger partial charge is 0.340 e. The molecule has 0 aliphatic carbocycles. The van der Waals surface area contributed by atoms with Crippen molar-refractivity contribution in [2.45, 2.75) is 19.9 Å². The predicted octanol–water partition coefficient (Wildman–Crippen LogP) is 2.78. The van der Waals surface area contributed by atoms with Gasteiger partial charge in [-0.3, -0.25) is 9.59 Å². The number of carbonyl (C=O) groups excluding carboxylic acids is 2. The van der Waals surface area contributed by atoms with Gasteiger partial charge in [0.15, 0.2) is 0 Å². The van der Waals surface area contributed by atoms with Gasteiger partial charge in [0.25, 0.3) is 0 Å². The topological polar surface area (TPSA) is 62.3 Å². The molecule has 0 saturated heterocycles. The van der Waals surface area contributed by atoms with E-state index in [9.17, 15) is 9.59 Å². The van der Waals surface area contributed by atoms with Crippen molar-refractivity contribution in [2.75, 3.05) is 12.4 Å². The molecule has 0 saturated carbocycles. The lowest BCUT2D eigenvalue weighted by Gasteiger charge is -2.18. The zero-order valence-electron chi connectivity index (χ0n) is 13.2. The van der Waals surface area contributed by atoms with Crippen molar-refractivity contribution >= 4 is 28.8 Å². The molecule has 0 unspecified atom stereocenters.